The number of aryl methyl sites for hydroxylation is 2. The Bertz CT molecular complexity index is 1250. The first-order chi connectivity index (χ1) is 12.5. The molecule has 27 heavy (non-hydrogen) atoms. The molecule has 3 rings (SSSR count). The Morgan fingerprint density at radius 3 is 2.48 bits per heavy atom. The lowest BCUT2D eigenvalue weighted by Crippen LogP contribution is -2.13. The minimum Gasteiger partial charge on any atom is -0.324 e. The number of fused-ring (bicyclic) bond motifs is 1. The lowest BCUT2D eigenvalue weighted by Gasteiger charge is -2.11. The Hall–Kier alpha value is -2.53. The molecule has 0 saturated heterocycles. The van der Waals surface area contributed by atoms with Gasteiger partial charge in [0, 0.05) is 12.7 Å². The Morgan fingerprint density at radius 1 is 1.15 bits per heavy atom. The first kappa shape index (κ1) is 19.2. The molecular weight excluding hydrogens is 390 g/mol. The van der Waals surface area contributed by atoms with E-state index >= 15 is 0 Å². The van der Waals surface area contributed by atoms with Crippen LogP contribution < -0.4 is 4.72 Å². The molecule has 3 heterocycles. The molecule has 0 radical (unpaired) electrons. The second kappa shape index (κ2) is 6.57. The fourth-order valence-corrected chi connectivity index (χ4v) is 4.17. The molecule has 0 unspecified atom stereocenters. The summed E-state index contributed by atoms with van der Waals surface area (Å²) in [6.07, 6.45) is 2.64. The molecule has 0 spiro atoms. The maximum absolute atomic E-state index is 12.5. The molecule has 0 aliphatic heterocycles. The van der Waals surface area contributed by atoms with E-state index in [9.17, 15) is 16.8 Å². The zero-order valence-corrected chi connectivity index (χ0v) is 16.9. The Kier molecular flexibility index (Phi) is 4.68. The monoisotopic (exact) mass is 409 g/mol. The van der Waals surface area contributed by atoms with Crippen LogP contribution in [-0.4, -0.2) is 48.4 Å². The third-order valence-corrected chi connectivity index (χ3v) is 6.32. The van der Waals surface area contributed by atoms with E-state index in [1.54, 1.807) is 23.9 Å². The van der Waals surface area contributed by atoms with Crippen LogP contribution in [0.3, 0.4) is 0 Å². The van der Waals surface area contributed by atoms with Gasteiger partial charge in [0.1, 0.15) is 11.5 Å². The van der Waals surface area contributed by atoms with E-state index in [1.165, 1.54) is 19.1 Å². The predicted octanol–water partition coefficient (Wildman–Crippen LogP) is 1.50. The van der Waals surface area contributed by atoms with Gasteiger partial charge in [-0.2, -0.15) is 0 Å². The summed E-state index contributed by atoms with van der Waals surface area (Å²) in [5.41, 5.74) is 2.21. The van der Waals surface area contributed by atoms with Crippen molar-refractivity contribution < 1.29 is 16.8 Å². The van der Waals surface area contributed by atoms with E-state index in [2.05, 4.69) is 19.7 Å². The summed E-state index contributed by atoms with van der Waals surface area (Å²) in [5.74, 6) is 0.205. The van der Waals surface area contributed by atoms with Gasteiger partial charge in [-0.25, -0.2) is 26.8 Å². The number of hydrogen-bond acceptors (Lipinski definition) is 7. The van der Waals surface area contributed by atoms with Crippen LogP contribution in [0.15, 0.2) is 29.3 Å². The molecule has 144 valence electrons. The van der Waals surface area contributed by atoms with Gasteiger partial charge < -0.3 is 4.57 Å². The lowest BCUT2D eigenvalue weighted by atomic mass is 10.3. The second-order valence-corrected chi connectivity index (χ2v) is 10.1. The standard InChI is InChI=1S/C16H19N5O4S2/c1-5-27(24,25)13-6-7-14(20-26(4,22)23)19-15(13)16-18-11-8-10(2)17-9-12(11)21(16)3/h6-9H,5H2,1-4H3,(H,19,20). The minimum atomic E-state index is -3.61. The summed E-state index contributed by atoms with van der Waals surface area (Å²) >= 11 is 0. The van der Waals surface area contributed by atoms with E-state index in [-0.39, 0.29) is 22.2 Å². The first-order valence-corrected chi connectivity index (χ1v) is 11.6. The smallest absolute Gasteiger partial charge is 0.230 e. The fraction of sp³-hybridized carbons (Fsp3) is 0.312. The normalized spacial score (nSPS) is 12.4. The lowest BCUT2D eigenvalue weighted by molar-refractivity contribution is 0.597. The van der Waals surface area contributed by atoms with E-state index in [0.29, 0.717) is 16.9 Å². The van der Waals surface area contributed by atoms with Crippen LogP contribution in [0.25, 0.3) is 22.6 Å². The van der Waals surface area contributed by atoms with Crippen molar-refractivity contribution in [3.63, 3.8) is 0 Å². The number of sulfonamides is 1. The summed E-state index contributed by atoms with van der Waals surface area (Å²) in [6.45, 7) is 3.36. The maximum Gasteiger partial charge on any atom is 0.230 e. The highest BCUT2D eigenvalue weighted by Gasteiger charge is 2.24. The topological polar surface area (TPSA) is 124 Å². The fourth-order valence-electron chi connectivity index (χ4n) is 2.66. The van der Waals surface area contributed by atoms with Crippen LogP contribution >= 0.6 is 0 Å². The summed E-state index contributed by atoms with van der Waals surface area (Å²) in [6, 6.07) is 4.45. The van der Waals surface area contributed by atoms with Crippen molar-refractivity contribution in [2.24, 2.45) is 7.05 Å². The van der Waals surface area contributed by atoms with Crippen molar-refractivity contribution in [2.45, 2.75) is 18.7 Å². The molecule has 0 bridgehead atoms. The molecule has 0 aliphatic carbocycles. The van der Waals surface area contributed by atoms with Crippen LogP contribution in [0, 0.1) is 6.92 Å². The molecule has 0 atom stereocenters. The number of imidazole rings is 1. The number of aromatic nitrogens is 4. The molecule has 1 N–H and O–H groups in total. The average molecular weight is 409 g/mol. The third-order valence-electron chi connectivity index (χ3n) is 3.98. The number of hydrogen-bond donors (Lipinski definition) is 1. The van der Waals surface area contributed by atoms with Crippen molar-refractivity contribution >= 4 is 36.7 Å². The molecule has 11 heteroatoms. The molecular formula is C16H19N5O4S2. The van der Waals surface area contributed by atoms with E-state index < -0.39 is 19.9 Å². The Labute approximate surface area is 157 Å². The van der Waals surface area contributed by atoms with Crippen molar-refractivity contribution in [1.82, 2.24) is 19.5 Å². The van der Waals surface area contributed by atoms with Gasteiger partial charge in [-0.15, -0.1) is 0 Å². The van der Waals surface area contributed by atoms with Gasteiger partial charge in [0.05, 0.1) is 34.1 Å². The van der Waals surface area contributed by atoms with Gasteiger partial charge in [0.2, 0.25) is 10.0 Å². The highest BCUT2D eigenvalue weighted by atomic mass is 32.2. The summed E-state index contributed by atoms with van der Waals surface area (Å²) < 4.78 is 52.1. The zero-order valence-electron chi connectivity index (χ0n) is 15.3. The van der Waals surface area contributed by atoms with Crippen molar-refractivity contribution in [2.75, 3.05) is 16.7 Å². The number of nitrogens with zero attached hydrogens (tertiary/aromatic N) is 4. The van der Waals surface area contributed by atoms with Gasteiger partial charge in [0.25, 0.3) is 0 Å². The van der Waals surface area contributed by atoms with E-state index in [0.717, 1.165) is 11.9 Å². The van der Waals surface area contributed by atoms with Crippen LogP contribution in [0.4, 0.5) is 5.82 Å². The number of nitrogens with one attached hydrogen (secondary N) is 1. The SMILES string of the molecule is CCS(=O)(=O)c1ccc(NS(C)(=O)=O)nc1-c1nc2cc(C)ncc2n1C. The second-order valence-electron chi connectivity index (χ2n) is 6.13. The van der Waals surface area contributed by atoms with Gasteiger partial charge >= 0.3 is 0 Å². The van der Waals surface area contributed by atoms with Crippen LogP contribution in [0.2, 0.25) is 0 Å². The molecule has 0 aliphatic rings. The molecule has 0 amide bonds. The minimum absolute atomic E-state index is 0.00728. The van der Waals surface area contributed by atoms with Crippen LogP contribution in [-0.2, 0) is 26.9 Å². The maximum atomic E-state index is 12.5. The third kappa shape index (κ3) is 3.78. The van der Waals surface area contributed by atoms with Crippen molar-refractivity contribution in [3.8, 4) is 11.5 Å². The van der Waals surface area contributed by atoms with Crippen molar-refractivity contribution in [3.05, 3.63) is 30.1 Å². The highest BCUT2D eigenvalue weighted by molar-refractivity contribution is 7.92. The highest BCUT2D eigenvalue weighted by Crippen LogP contribution is 2.30. The Balaban J connectivity index is 2.32. The number of pyridine rings is 2. The summed E-state index contributed by atoms with van der Waals surface area (Å²) in [7, 11) is -5.45. The summed E-state index contributed by atoms with van der Waals surface area (Å²) in [5, 5.41) is 0. The van der Waals surface area contributed by atoms with Crippen LogP contribution in [0.5, 0.6) is 0 Å². The molecule has 0 fully saturated rings. The number of rotatable bonds is 5. The molecule has 9 nitrogen and oxygen atoms in total. The van der Waals surface area contributed by atoms with Crippen LogP contribution in [0.1, 0.15) is 12.6 Å². The largest absolute Gasteiger partial charge is 0.324 e. The average Bonchev–Trinajstić information content (AvgIpc) is 2.89. The Morgan fingerprint density at radius 2 is 1.85 bits per heavy atom. The van der Waals surface area contributed by atoms with E-state index in [4.69, 9.17) is 0 Å². The molecule has 3 aromatic heterocycles. The molecule has 0 aromatic carbocycles. The zero-order chi connectivity index (χ0) is 20.0. The van der Waals surface area contributed by atoms with Gasteiger partial charge in [-0.3, -0.25) is 9.71 Å². The summed E-state index contributed by atoms with van der Waals surface area (Å²) in [4.78, 5) is 13.0. The van der Waals surface area contributed by atoms with E-state index in [1.807, 2.05) is 6.92 Å². The quantitative estimate of drug-likeness (QED) is 0.677. The predicted molar refractivity (Wildman–Crippen MR) is 103 cm³/mol. The number of anilines is 1. The van der Waals surface area contributed by atoms with Gasteiger partial charge in [0.15, 0.2) is 15.7 Å². The number of sulfone groups is 1. The molecule has 3 aromatic rings. The molecule has 0 saturated carbocycles. The first-order valence-electron chi connectivity index (χ1n) is 8.03. The van der Waals surface area contributed by atoms with Gasteiger partial charge in [-0.05, 0) is 25.1 Å². The van der Waals surface area contributed by atoms with Gasteiger partial charge in [-0.1, -0.05) is 6.92 Å². The van der Waals surface area contributed by atoms with Crippen molar-refractivity contribution in [1.29, 1.82) is 0 Å².